The van der Waals surface area contributed by atoms with E-state index in [2.05, 4.69) is 38.3 Å². The zero-order valence-corrected chi connectivity index (χ0v) is 20.0. The van der Waals surface area contributed by atoms with E-state index in [-0.39, 0.29) is 30.5 Å². The molecule has 1 heterocycles. The van der Waals surface area contributed by atoms with E-state index in [9.17, 15) is 10.2 Å². The predicted molar refractivity (Wildman–Crippen MR) is 129 cm³/mol. The number of hydrogen-bond acceptors (Lipinski definition) is 3. The molecule has 5 atom stereocenters. The van der Waals surface area contributed by atoms with E-state index in [1.165, 1.54) is 0 Å². The van der Waals surface area contributed by atoms with Crippen LogP contribution in [0.2, 0.25) is 10.0 Å². The second kappa shape index (κ2) is 10.1. The summed E-state index contributed by atoms with van der Waals surface area (Å²) in [5.41, 5.74) is 1.77. The molecular formula is C26H33Cl2NO2. The minimum Gasteiger partial charge on any atom is -0.395 e. The molecule has 5 heteroatoms. The Labute approximate surface area is 196 Å². The Morgan fingerprint density at radius 2 is 1.81 bits per heavy atom. The smallest absolute Gasteiger partial charge is 0.113 e. The Balaban J connectivity index is 2.23. The summed E-state index contributed by atoms with van der Waals surface area (Å²) in [6, 6.07) is 15.5. The third-order valence-electron chi connectivity index (χ3n) is 6.73. The number of benzene rings is 2. The maximum Gasteiger partial charge on any atom is 0.113 e. The van der Waals surface area contributed by atoms with Crippen molar-refractivity contribution in [3.8, 4) is 0 Å². The van der Waals surface area contributed by atoms with E-state index in [0.717, 1.165) is 17.5 Å². The Hall–Kier alpha value is -1.36. The fourth-order valence-corrected chi connectivity index (χ4v) is 5.42. The molecule has 1 aliphatic heterocycles. The van der Waals surface area contributed by atoms with E-state index in [0.29, 0.717) is 16.5 Å². The SMILES string of the molecule is C=CC[C@@]1(C)C[C@H](c2cccc(Cl)c2)[C@@H](c2ccc(Cl)cc2)N([C@H](CO)C(C)C)C1O. The zero-order valence-electron chi connectivity index (χ0n) is 18.5. The molecule has 168 valence electrons. The first kappa shape index (κ1) is 24.3. The third kappa shape index (κ3) is 5.02. The lowest BCUT2D eigenvalue weighted by Gasteiger charge is -2.56. The lowest BCUT2D eigenvalue weighted by atomic mass is 9.66. The number of piperidine rings is 1. The van der Waals surface area contributed by atoms with Crippen LogP contribution in [0, 0.1) is 11.3 Å². The first-order valence-electron chi connectivity index (χ1n) is 10.9. The van der Waals surface area contributed by atoms with Crippen molar-refractivity contribution in [2.75, 3.05) is 6.61 Å². The number of aliphatic hydroxyl groups excluding tert-OH is 2. The second-order valence-electron chi connectivity index (χ2n) is 9.32. The molecule has 3 nitrogen and oxygen atoms in total. The highest BCUT2D eigenvalue weighted by molar-refractivity contribution is 6.30. The number of nitrogens with zero attached hydrogens (tertiary/aromatic N) is 1. The normalized spacial score (nSPS) is 27.9. The Morgan fingerprint density at radius 1 is 1.13 bits per heavy atom. The molecule has 1 saturated heterocycles. The summed E-state index contributed by atoms with van der Waals surface area (Å²) in [4.78, 5) is 2.12. The van der Waals surface area contributed by atoms with Gasteiger partial charge in [0, 0.05) is 33.5 Å². The molecule has 0 radical (unpaired) electrons. The molecule has 0 spiro atoms. The number of likely N-dealkylation sites (tertiary alicyclic amines) is 1. The standard InChI is InChI=1S/C26H33Cl2NO2/c1-5-13-26(4)15-22(19-7-6-8-21(28)14-19)24(18-9-11-20(27)12-10-18)29(25(26)31)23(16-30)17(2)3/h5-12,14,17,22-25,30-31H,1,13,15-16H2,2-4H3/t22-,23-,24-,25?,26+/m1/s1. The molecule has 1 aliphatic rings. The van der Waals surface area contributed by atoms with Gasteiger partial charge in [0.1, 0.15) is 6.23 Å². The van der Waals surface area contributed by atoms with Gasteiger partial charge in [0.05, 0.1) is 6.61 Å². The van der Waals surface area contributed by atoms with Crippen molar-refractivity contribution >= 4 is 23.2 Å². The summed E-state index contributed by atoms with van der Waals surface area (Å²) >= 11 is 12.6. The van der Waals surface area contributed by atoms with Crippen LogP contribution in [0.25, 0.3) is 0 Å². The minimum absolute atomic E-state index is 0.0365. The molecular weight excluding hydrogens is 429 g/mol. The molecule has 3 rings (SSSR count). The first-order chi connectivity index (χ1) is 14.7. The van der Waals surface area contributed by atoms with Crippen LogP contribution in [0.1, 0.15) is 56.7 Å². The van der Waals surface area contributed by atoms with Gasteiger partial charge in [0.15, 0.2) is 0 Å². The van der Waals surface area contributed by atoms with Crippen LogP contribution in [-0.4, -0.2) is 34.0 Å². The van der Waals surface area contributed by atoms with E-state index in [4.69, 9.17) is 23.2 Å². The molecule has 1 unspecified atom stereocenters. The van der Waals surface area contributed by atoms with Crippen molar-refractivity contribution in [3.63, 3.8) is 0 Å². The van der Waals surface area contributed by atoms with E-state index in [1.54, 1.807) is 0 Å². The Bertz CT molecular complexity index is 885. The molecule has 2 N–H and O–H groups in total. The molecule has 0 aliphatic carbocycles. The second-order valence-corrected chi connectivity index (χ2v) is 10.2. The summed E-state index contributed by atoms with van der Waals surface area (Å²) in [6.07, 6.45) is 2.58. The maximum absolute atomic E-state index is 11.7. The summed E-state index contributed by atoms with van der Waals surface area (Å²) in [6.45, 7) is 10.2. The first-order valence-corrected chi connectivity index (χ1v) is 11.7. The van der Waals surface area contributed by atoms with Crippen molar-refractivity contribution < 1.29 is 10.2 Å². The van der Waals surface area contributed by atoms with Gasteiger partial charge in [-0.05, 0) is 54.2 Å². The molecule has 0 bridgehead atoms. The van der Waals surface area contributed by atoms with E-state index < -0.39 is 11.6 Å². The molecule has 2 aromatic rings. The number of aliphatic hydroxyl groups is 2. The Kier molecular flexibility index (Phi) is 7.88. The predicted octanol–water partition coefficient (Wildman–Crippen LogP) is 6.44. The van der Waals surface area contributed by atoms with Gasteiger partial charge in [-0.1, -0.05) is 74.3 Å². The monoisotopic (exact) mass is 461 g/mol. The van der Waals surface area contributed by atoms with Gasteiger partial charge >= 0.3 is 0 Å². The fourth-order valence-electron chi connectivity index (χ4n) is 5.10. The van der Waals surface area contributed by atoms with Crippen LogP contribution in [0.15, 0.2) is 61.2 Å². The zero-order chi connectivity index (χ0) is 22.8. The third-order valence-corrected chi connectivity index (χ3v) is 7.22. The highest BCUT2D eigenvalue weighted by atomic mass is 35.5. The van der Waals surface area contributed by atoms with Gasteiger partial charge < -0.3 is 10.2 Å². The highest BCUT2D eigenvalue weighted by Gasteiger charge is 2.51. The number of halogens is 2. The highest BCUT2D eigenvalue weighted by Crippen LogP contribution is 2.54. The average Bonchev–Trinajstić information content (AvgIpc) is 2.72. The molecule has 2 aromatic carbocycles. The molecule has 0 amide bonds. The quantitative estimate of drug-likeness (QED) is 0.466. The van der Waals surface area contributed by atoms with E-state index in [1.807, 2.05) is 48.5 Å². The van der Waals surface area contributed by atoms with Gasteiger partial charge in [-0.25, -0.2) is 0 Å². The summed E-state index contributed by atoms with van der Waals surface area (Å²) < 4.78 is 0. The van der Waals surface area contributed by atoms with E-state index >= 15 is 0 Å². The van der Waals surface area contributed by atoms with Crippen molar-refractivity contribution in [3.05, 3.63) is 82.4 Å². The molecule has 0 saturated carbocycles. The van der Waals surface area contributed by atoms with Gasteiger partial charge in [-0.2, -0.15) is 0 Å². The number of hydrogen-bond donors (Lipinski definition) is 2. The summed E-state index contributed by atoms with van der Waals surface area (Å²) in [5, 5.41) is 23.4. The van der Waals surface area contributed by atoms with Crippen molar-refractivity contribution in [1.29, 1.82) is 0 Å². The fraction of sp³-hybridized carbons (Fsp3) is 0.462. The number of rotatable bonds is 7. The largest absolute Gasteiger partial charge is 0.395 e. The van der Waals surface area contributed by atoms with Crippen LogP contribution in [0.3, 0.4) is 0 Å². The van der Waals surface area contributed by atoms with Crippen LogP contribution in [0.5, 0.6) is 0 Å². The van der Waals surface area contributed by atoms with Crippen molar-refractivity contribution in [1.82, 2.24) is 4.90 Å². The minimum atomic E-state index is -0.735. The van der Waals surface area contributed by atoms with Gasteiger partial charge in [-0.15, -0.1) is 6.58 Å². The van der Waals surface area contributed by atoms with Gasteiger partial charge in [0.25, 0.3) is 0 Å². The number of allylic oxidation sites excluding steroid dienone is 1. The van der Waals surface area contributed by atoms with Crippen LogP contribution in [-0.2, 0) is 0 Å². The van der Waals surface area contributed by atoms with Crippen molar-refractivity contribution in [2.45, 2.75) is 57.8 Å². The lowest BCUT2D eigenvalue weighted by Crippen LogP contribution is -2.60. The molecule has 1 fully saturated rings. The van der Waals surface area contributed by atoms with Crippen LogP contribution >= 0.6 is 23.2 Å². The molecule has 0 aromatic heterocycles. The Morgan fingerprint density at radius 3 is 2.35 bits per heavy atom. The van der Waals surface area contributed by atoms with Crippen molar-refractivity contribution in [2.24, 2.45) is 11.3 Å². The van der Waals surface area contributed by atoms with Crippen LogP contribution < -0.4 is 0 Å². The average molecular weight is 462 g/mol. The lowest BCUT2D eigenvalue weighted by molar-refractivity contribution is -0.177. The summed E-state index contributed by atoms with van der Waals surface area (Å²) in [5.74, 6) is 0.224. The molecule has 31 heavy (non-hydrogen) atoms. The topological polar surface area (TPSA) is 43.7 Å². The summed E-state index contributed by atoms with van der Waals surface area (Å²) in [7, 11) is 0. The van der Waals surface area contributed by atoms with Crippen LogP contribution in [0.4, 0.5) is 0 Å². The maximum atomic E-state index is 11.7. The van der Waals surface area contributed by atoms with Gasteiger partial charge in [0.2, 0.25) is 0 Å². The van der Waals surface area contributed by atoms with Gasteiger partial charge in [-0.3, -0.25) is 4.90 Å².